The minimum absolute atomic E-state index is 0.273. The fourth-order valence-electron chi connectivity index (χ4n) is 3.13. The van der Waals surface area contributed by atoms with Crippen LogP contribution in [0.15, 0.2) is 18.2 Å². The molecule has 0 saturated heterocycles. The Morgan fingerprint density at radius 1 is 1.44 bits per heavy atom. The topological polar surface area (TPSA) is 12.0 Å². The van der Waals surface area contributed by atoms with E-state index in [9.17, 15) is 0 Å². The van der Waals surface area contributed by atoms with Crippen molar-refractivity contribution in [3.05, 3.63) is 34.3 Å². The highest BCUT2D eigenvalue weighted by molar-refractivity contribution is 6.30. The van der Waals surface area contributed by atoms with Crippen LogP contribution in [0.1, 0.15) is 57.7 Å². The molecule has 0 saturated carbocycles. The highest BCUT2D eigenvalue weighted by Gasteiger charge is 2.39. The summed E-state index contributed by atoms with van der Waals surface area (Å²) >= 11 is 6.15. The molecular weight excluding hydrogens is 242 g/mol. The van der Waals surface area contributed by atoms with Crippen LogP contribution in [0.5, 0.6) is 0 Å². The Morgan fingerprint density at radius 2 is 2.17 bits per heavy atom. The van der Waals surface area contributed by atoms with Crippen molar-refractivity contribution in [2.24, 2.45) is 5.41 Å². The monoisotopic (exact) mass is 265 g/mol. The summed E-state index contributed by atoms with van der Waals surface area (Å²) in [6.45, 7) is 9.21. The summed E-state index contributed by atoms with van der Waals surface area (Å²) < 4.78 is 0. The summed E-state index contributed by atoms with van der Waals surface area (Å²) in [5.74, 6) is 0. The van der Waals surface area contributed by atoms with Gasteiger partial charge in [0.25, 0.3) is 0 Å². The van der Waals surface area contributed by atoms with Gasteiger partial charge in [-0.2, -0.15) is 0 Å². The number of hydrogen-bond acceptors (Lipinski definition) is 1. The van der Waals surface area contributed by atoms with E-state index in [1.165, 1.54) is 24.0 Å². The summed E-state index contributed by atoms with van der Waals surface area (Å²) in [6.07, 6.45) is 3.59. The fourth-order valence-corrected chi connectivity index (χ4v) is 3.31. The first-order chi connectivity index (χ1) is 8.44. The maximum absolute atomic E-state index is 6.15. The Balaban J connectivity index is 2.25. The number of benzene rings is 1. The lowest BCUT2D eigenvalue weighted by atomic mass is 9.85. The van der Waals surface area contributed by atoms with E-state index >= 15 is 0 Å². The third kappa shape index (κ3) is 2.73. The molecule has 1 aliphatic carbocycles. The van der Waals surface area contributed by atoms with E-state index in [2.05, 4.69) is 45.1 Å². The number of nitrogens with one attached hydrogen (secondary N) is 1. The van der Waals surface area contributed by atoms with Gasteiger partial charge in [0.15, 0.2) is 0 Å². The summed E-state index contributed by atoms with van der Waals surface area (Å²) in [5, 5.41) is 4.64. The molecule has 18 heavy (non-hydrogen) atoms. The maximum Gasteiger partial charge on any atom is 0.0409 e. The summed E-state index contributed by atoms with van der Waals surface area (Å²) in [7, 11) is 0. The lowest BCUT2D eigenvalue weighted by molar-refractivity contribution is 0.247. The van der Waals surface area contributed by atoms with Crippen LogP contribution in [0.3, 0.4) is 0 Å². The van der Waals surface area contributed by atoms with Crippen molar-refractivity contribution in [2.45, 2.75) is 59.0 Å². The van der Waals surface area contributed by atoms with Gasteiger partial charge in [0, 0.05) is 17.1 Å². The number of halogens is 1. The van der Waals surface area contributed by atoms with Gasteiger partial charge in [0.2, 0.25) is 0 Å². The van der Waals surface area contributed by atoms with Crippen LogP contribution in [0.4, 0.5) is 0 Å². The van der Waals surface area contributed by atoms with Gasteiger partial charge >= 0.3 is 0 Å². The average Bonchev–Trinajstić information content (AvgIpc) is 2.51. The van der Waals surface area contributed by atoms with E-state index in [-0.39, 0.29) is 5.41 Å². The largest absolute Gasteiger partial charge is 0.307 e. The van der Waals surface area contributed by atoms with Crippen molar-refractivity contribution < 1.29 is 0 Å². The van der Waals surface area contributed by atoms with Crippen LogP contribution < -0.4 is 5.32 Å². The van der Waals surface area contributed by atoms with Gasteiger partial charge in [-0.25, -0.2) is 0 Å². The number of hydrogen-bond donors (Lipinski definition) is 1. The third-order valence-electron chi connectivity index (χ3n) is 4.02. The van der Waals surface area contributed by atoms with Crippen molar-refractivity contribution in [1.82, 2.24) is 5.32 Å². The smallest absolute Gasteiger partial charge is 0.0409 e. The highest BCUT2D eigenvalue weighted by atomic mass is 35.5. The molecule has 0 amide bonds. The molecule has 2 unspecified atom stereocenters. The molecule has 0 bridgehead atoms. The second-order valence-corrected chi connectivity index (χ2v) is 6.73. The van der Waals surface area contributed by atoms with Crippen molar-refractivity contribution in [3.63, 3.8) is 0 Å². The minimum Gasteiger partial charge on any atom is -0.307 e. The van der Waals surface area contributed by atoms with E-state index < -0.39 is 0 Å². The van der Waals surface area contributed by atoms with Gasteiger partial charge in [0.05, 0.1) is 0 Å². The van der Waals surface area contributed by atoms with Crippen LogP contribution in [-0.4, -0.2) is 6.04 Å². The molecule has 0 fully saturated rings. The normalized spacial score (nSPS) is 22.8. The summed E-state index contributed by atoms with van der Waals surface area (Å²) in [5.41, 5.74) is 3.12. The minimum atomic E-state index is 0.273. The number of rotatable bonds is 4. The van der Waals surface area contributed by atoms with Crippen LogP contribution in [0.2, 0.25) is 5.02 Å². The van der Waals surface area contributed by atoms with Gasteiger partial charge < -0.3 is 5.32 Å². The highest BCUT2D eigenvalue weighted by Crippen LogP contribution is 2.46. The van der Waals surface area contributed by atoms with E-state index in [1.54, 1.807) is 0 Å². The first-order valence-electron chi connectivity index (χ1n) is 6.98. The van der Waals surface area contributed by atoms with E-state index in [0.717, 1.165) is 11.4 Å². The Labute approximate surface area is 116 Å². The molecule has 1 nitrogen and oxygen atoms in total. The molecule has 2 heteroatoms. The molecular formula is C16H24ClN. The summed E-state index contributed by atoms with van der Waals surface area (Å²) in [6, 6.07) is 7.32. The Hall–Kier alpha value is -0.530. The molecule has 1 aromatic rings. The molecule has 1 aliphatic rings. The van der Waals surface area contributed by atoms with Crippen LogP contribution in [0.25, 0.3) is 0 Å². The van der Waals surface area contributed by atoms with Crippen molar-refractivity contribution in [2.75, 3.05) is 0 Å². The lowest BCUT2D eigenvalue weighted by Crippen LogP contribution is -2.36. The predicted molar refractivity (Wildman–Crippen MR) is 79.2 cm³/mol. The second kappa shape index (κ2) is 5.22. The molecule has 0 spiro atoms. The van der Waals surface area contributed by atoms with Crippen LogP contribution >= 0.6 is 11.6 Å². The average molecular weight is 266 g/mol. The van der Waals surface area contributed by atoms with Crippen molar-refractivity contribution >= 4 is 11.6 Å². The van der Waals surface area contributed by atoms with Crippen molar-refractivity contribution in [1.29, 1.82) is 0 Å². The zero-order chi connectivity index (χ0) is 13.3. The lowest BCUT2D eigenvalue weighted by Gasteiger charge is -2.31. The zero-order valence-corrected chi connectivity index (χ0v) is 12.6. The number of fused-ring (bicyclic) bond motifs is 1. The third-order valence-corrected chi connectivity index (χ3v) is 4.25. The molecule has 2 atom stereocenters. The second-order valence-electron chi connectivity index (χ2n) is 6.30. The van der Waals surface area contributed by atoms with E-state index in [1.807, 2.05) is 6.07 Å². The molecule has 0 radical (unpaired) electrons. The maximum atomic E-state index is 6.15. The Morgan fingerprint density at radius 3 is 2.83 bits per heavy atom. The first kappa shape index (κ1) is 13.9. The standard InChI is InChI=1S/C16H24ClN/c1-5-6-11(2)18-15-14-9-13(17)8-7-12(14)10-16(15,3)4/h7-9,11,15,18H,5-6,10H2,1-4H3. The molecule has 0 heterocycles. The molecule has 1 aromatic carbocycles. The molecule has 0 aromatic heterocycles. The molecule has 1 N–H and O–H groups in total. The molecule has 100 valence electrons. The summed E-state index contributed by atoms with van der Waals surface area (Å²) in [4.78, 5) is 0. The zero-order valence-electron chi connectivity index (χ0n) is 11.9. The Bertz CT molecular complexity index is 425. The van der Waals surface area contributed by atoms with E-state index in [0.29, 0.717) is 12.1 Å². The van der Waals surface area contributed by atoms with Gasteiger partial charge in [-0.05, 0) is 48.4 Å². The Kier molecular flexibility index (Phi) is 4.03. The molecule has 0 aliphatic heterocycles. The van der Waals surface area contributed by atoms with Crippen LogP contribution in [0, 0.1) is 5.41 Å². The SMILES string of the molecule is CCCC(C)NC1c2cc(Cl)ccc2CC1(C)C. The van der Waals surface area contributed by atoms with Gasteiger partial charge in [-0.15, -0.1) is 0 Å². The fraction of sp³-hybridized carbons (Fsp3) is 0.625. The quantitative estimate of drug-likeness (QED) is 0.829. The van der Waals surface area contributed by atoms with Crippen LogP contribution in [-0.2, 0) is 6.42 Å². The van der Waals surface area contributed by atoms with E-state index in [4.69, 9.17) is 11.6 Å². The first-order valence-corrected chi connectivity index (χ1v) is 7.36. The molecule has 2 rings (SSSR count). The van der Waals surface area contributed by atoms with Crippen molar-refractivity contribution in [3.8, 4) is 0 Å². The predicted octanol–water partition coefficient (Wildman–Crippen LogP) is 4.74. The van der Waals surface area contributed by atoms with Gasteiger partial charge in [-0.1, -0.05) is 44.9 Å². The van der Waals surface area contributed by atoms with Gasteiger partial charge in [-0.3, -0.25) is 0 Å². The van der Waals surface area contributed by atoms with Gasteiger partial charge in [0.1, 0.15) is 0 Å².